The first-order chi connectivity index (χ1) is 13.1. The first-order valence-corrected chi connectivity index (χ1v) is 8.25. The highest BCUT2D eigenvalue weighted by Gasteiger charge is 2.14. The molecule has 0 radical (unpaired) electrons. The summed E-state index contributed by atoms with van der Waals surface area (Å²) in [5.41, 5.74) is 1.80. The Kier molecular flexibility index (Phi) is 5.37. The monoisotopic (exact) mass is 362 g/mol. The van der Waals surface area contributed by atoms with E-state index in [1.165, 1.54) is 12.1 Å². The summed E-state index contributed by atoms with van der Waals surface area (Å²) in [5, 5.41) is 15.2. The van der Waals surface area contributed by atoms with E-state index in [1.807, 2.05) is 31.2 Å². The first kappa shape index (κ1) is 18.0. The van der Waals surface area contributed by atoms with Crippen LogP contribution in [0.5, 0.6) is 17.2 Å². The minimum Gasteiger partial charge on any atom is -0.505 e. The van der Waals surface area contributed by atoms with E-state index in [0.717, 1.165) is 5.56 Å². The van der Waals surface area contributed by atoms with Gasteiger partial charge in [-0.1, -0.05) is 24.3 Å². The fourth-order valence-electron chi connectivity index (χ4n) is 2.56. The summed E-state index contributed by atoms with van der Waals surface area (Å²) in [6, 6.07) is 19.1. The number of phenolic OH excluding ortho intramolecular Hbond substituents is 1. The number of carbonyl (C=O) groups is 2. The van der Waals surface area contributed by atoms with Crippen molar-refractivity contribution in [1.29, 1.82) is 0 Å². The molecule has 6 heteroatoms. The number of anilines is 2. The van der Waals surface area contributed by atoms with Gasteiger partial charge in [-0.2, -0.15) is 0 Å². The molecule has 136 valence electrons. The Morgan fingerprint density at radius 1 is 1.00 bits per heavy atom. The maximum atomic E-state index is 12.5. The molecule has 3 aromatic carbocycles. The van der Waals surface area contributed by atoms with Gasteiger partial charge in [-0.3, -0.25) is 9.59 Å². The van der Waals surface area contributed by atoms with Crippen LogP contribution >= 0.6 is 0 Å². The highest BCUT2D eigenvalue weighted by atomic mass is 16.5. The van der Waals surface area contributed by atoms with Crippen molar-refractivity contribution in [3.8, 4) is 17.2 Å². The van der Waals surface area contributed by atoms with Crippen LogP contribution in [0.15, 0.2) is 66.7 Å². The zero-order chi connectivity index (χ0) is 19.2. The van der Waals surface area contributed by atoms with Crippen LogP contribution in [0.1, 0.15) is 15.9 Å². The van der Waals surface area contributed by atoms with Crippen molar-refractivity contribution in [2.45, 2.75) is 6.92 Å². The third-order valence-electron chi connectivity index (χ3n) is 3.81. The Balaban J connectivity index is 1.77. The van der Waals surface area contributed by atoms with Gasteiger partial charge in [-0.15, -0.1) is 0 Å². The summed E-state index contributed by atoms with van der Waals surface area (Å²) in [6.07, 6.45) is 0.433. The van der Waals surface area contributed by atoms with Gasteiger partial charge in [0.05, 0.1) is 11.3 Å². The van der Waals surface area contributed by atoms with Gasteiger partial charge in [-0.25, -0.2) is 0 Å². The summed E-state index contributed by atoms with van der Waals surface area (Å²) >= 11 is 0. The van der Waals surface area contributed by atoms with Crippen LogP contribution in [-0.2, 0) is 4.79 Å². The van der Waals surface area contributed by atoms with Crippen LogP contribution in [0.3, 0.4) is 0 Å². The van der Waals surface area contributed by atoms with Crippen molar-refractivity contribution >= 4 is 23.7 Å². The number of hydrogen-bond acceptors (Lipinski definition) is 4. The zero-order valence-corrected chi connectivity index (χ0v) is 14.6. The van der Waals surface area contributed by atoms with E-state index in [2.05, 4.69) is 10.6 Å². The molecule has 0 aliphatic heterocycles. The van der Waals surface area contributed by atoms with Crippen LogP contribution in [-0.4, -0.2) is 17.4 Å². The molecule has 3 aromatic rings. The maximum absolute atomic E-state index is 12.5. The van der Waals surface area contributed by atoms with Crippen molar-refractivity contribution < 1.29 is 19.4 Å². The van der Waals surface area contributed by atoms with Gasteiger partial charge in [0.15, 0.2) is 5.75 Å². The molecule has 0 saturated carbocycles. The quantitative estimate of drug-likeness (QED) is 0.450. The number of carbonyl (C=O) groups excluding carboxylic acids is 2. The lowest BCUT2D eigenvalue weighted by molar-refractivity contribution is -0.105. The summed E-state index contributed by atoms with van der Waals surface area (Å²) in [7, 11) is 0. The summed E-state index contributed by atoms with van der Waals surface area (Å²) in [6.45, 7) is 1.98. The Morgan fingerprint density at radius 3 is 2.44 bits per heavy atom. The third-order valence-corrected chi connectivity index (χ3v) is 3.81. The molecule has 0 aliphatic carbocycles. The molecular formula is C21H18N2O4. The van der Waals surface area contributed by atoms with Crippen LogP contribution in [0, 0.1) is 6.92 Å². The normalized spacial score (nSPS) is 10.1. The second-order valence-electron chi connectivity index (χ2n) is 5.86. The van der Waals surface area contributed by atoms with Gasteiger partial charge in [0.1, 0.15) is 11.5 Å². The molecule has 27 heavy (non-hydrogen) atoms. The van der Waals surface area contributed by atoms with Crippen molar-refractivity contribution in [1.82, 2.24) is 0 Å². The molecule has 0 bridgehead atoms. The molecule has 0 fully saturated rings. The summed E-state index contributed by atoms with van der Waals surface area (Å²) in [5.74, 6) is 0.465. The van der Waals surface area contributed by atoms with Crippen LogP contribution < -0.4 is 15.4 Å². The molecule has 0 aromatic heterocycles. The molecular weight excluding hydrogens is 344 g/mol. The zero-order valence-electron chi connectivity index (χ0n) is 14.6. The minimum absolute atomic E-state index is 0.0480. The van der Waals surface area contributed by atoms with Crippen LogP contribution in [0.25, 0.3) is 0 Å². The average molecular weight is 362 g/mol. The van der Waals surface area contributed by atoms with Crippen molar-refractivity contribution in [3.05, 3.63) is 77.9 Å². The van der Waals surface area contributed by atoms with E-state index in [-0.39, 0.29) is 17.0 Å². The highest BCUT2D eigenvalue weighted by molar-refractivity contribution is 6.07. The van der Waals surface area contributed by atoms with Gasteiger partial charge in [0.25, 0.3) is 5.91 Å². The van der Waals surface area contributed by atoms with E-state index in [0.29, 0.717) is 23.6 Å². The molecule has 3 N–H and O–H groups in total. The minimum atomic E-state index is -0.505. The fraction of sp³-hybridized carbons (Fsp3) is 0.0476. The predicted octanol–water partition coefficient (Wildman–Crippen LogP) is 4.31. The number of aryl methyl sites for hydroxylation is 1. The fourth-order valence-corrected chi connectivity index (χ4v) is 2.56. The van der Waals surface area contributed by atoms with Gasteiger partial charge in [0, 0.05) is 11.8 Å². The SMILES string of the molecule is Cc1cccc(Oc2cccc(NC(=O)c3cccc(NC=O)c3O)c2)c1. The number of phenols is 1. The lowest BCUT2D eigenvalue weighted by Crippen LogP contribution is -2.12. The van der Waals surface area contributed by atoms with Crippen molar-refractivity contribution in [2.24, 2.45) is 0 Å². The Hall–Kier alpha value is -3.80. The Morgan fingerprint density at radius 2 is 1.70 bits per heavy atom. The van der Waals surface area contributed by atoms with Crippen LogP contribution in [0.2, 0.25) is 0 Å². The molecule has 0 aliphatic rings. The molecule has 2 amide bonds. The van der Waals surface area contributed by atoms with Gasteiger partial charge in [-0.05, 0) is 48.9 Å². The molecule has 3 rings (SSSR count). The smallest absolute Gasteiger partial charge is 0.259 e. The lowest BCUT2D eigenvalue weighted by Gasteiger charge is -2.11. The molecule has 0 atom stereocenters. The molecule has 0 saturated heterocycles. The van der Waals surface area contributed by atoms with Gasteiger partial charge in [0.2, 0.25) is 6.41 Å². The van der Waals surface area contributed by atoms with Gasteiger partial charge < -0.3 is 20.5 Å². The third kappa shape index (κ3) is 4.43. The number of nitrogens with one attached hydrogen (secondary N) is 2. The van der Waals surface area contributed by atoms with Crippen molar-refractivity contribution in [3.63, 3.8) is 0 Å². The van der Waals surface area contributed by atoms with E-state index in [1.54, 1.807) is 30.3 Å². The standard InChI is InChI=1S/C21H18N2O4/c1-14-5-2-7-16(11-14)27-17-8-3-6-15(12-17)23-21(26)18-9-4-10-19(20(18)25)22-13-24/h2-13,25H,1H3,(H,22,24)(H,23,26). The summed E-state index contributed by atoms with van der Waals surface area (Å²) < 4.78 is 5.81. The Bertz CT molecular complexity index is 985. The van der Waals surface area contributed by atoms with E-state index >= 15 is 0 Å². The second kappa shape index (κ2) is 8.05. The van der Waals surface area contributed by atoms with E-state index in [9.17, 15) is 14.7 Å². The average Bonchev–Trinajstić information content (AvgIpc) is 2.64. The largest absolute Gasteiger partial charge is 0.505 e. The highest BCUT2D eigenvalue weighted by Crippen LogP contribution is 2.29. The van der Waals surface area contributed by atoms with E-state index < -0.39 is 5.91 Å². The number of para-hydroxylation sites is 1. The number of aromatic hydroxyl groups is 1. The van der Waals surface area contributed by atoms with E-state index in [4.69, 9.17) is 4.74 Å². The number of rotatable bonds is 6. The van der Waals surface area contributed by atoms with Crippen molar-refractivity contribution in [2.75, 3.05) is 10.6 Å². The second-order valence-corrected chi connectivity index (χ2v) is 5.86. The lowest BCUT2D eigenvalue weighted by atomic mass is 10.1. The topological polar surface area (TPSA) is 87.7 Å². The first-order valence-electron chi connectivity index (χ1n) is 8.25. The number of hydrogen-bond donors (Lipinski definition) is 3. The molecule has 0 unspecified atom stereocenters. The Labute approximate surface area is 156 Å². The van der Waals surface area contributed by atoms with Gasteiger partial charge >= 0.3 is 0 Å². The number of benzene rings is 3. The predicted molar refractivity (Wildman–Crippen MR) is 103 cm³/mol. The van der Waals surface area contributed by atoms with Crippen LogP contribution in [0.4, 0.5) is 11.4 Å². The number of ether oxygens (including phenoxy) is 1. The maximum Gasteiger partial charge on any atom is 0.259 e. The summed E-state index contributed by atoms with van der Waals surface area (Å²) in [4.78, 5) is 23.0. The molecule has 6 nitrogen and oxygen atoms in total. The molecule has 0 spiro atoms. The number of amides is 2. The molecule has 0 heterocycles.